The Balaban J connectivity index is 2.56. The van der Waals surface area contributed by atoms with Crippen molar-refractivity contribution in [3.63, 3.8) is 0 Å². The summed E-state index contributed by atoms with van der Waals surface area (Å²) in [4.78, 5) is -0.777. The molecule has 0 aliphatic heterocycles. The number of rotatable bonds is 2. The topological polar surface area (TPSA) is 0 Å². The second-order valence-corrected chi connectivity index (χ2v) is 5.42. The zero-order chi connectivity index (χ0) is 14.2. The van der Waals surface area contributed by atoms with E-state index >= 15 is 0 Å². The van der Waals surface area contributed by atoms with Crippen LogP contribution in [0.3, 0.4) is 0 Å². The summed E-state index contributed by atoms with van der Waals surface area (Å²) in [6.07, 6.45) is 0. The van der Waals surface area contributed by atoms with Gasteiger partial charge in [-0.3, -0.25) is 0 Å². The second kappa shape index (κ2) is 5.55. The number of benzene rings is 2. The van der Waals surface area contributed by atoms with Crippen LogP contribution in [-0.4, -0.2) is 0 Å². The molecule has 0 N–H and O–H groups in total. The molecule has 0 aliphatic carbocycles. The molecule has 0 fully saturated rings. The molecule has 1 unspecified atom stereocenters. The van der Waals surface area contributed by atoms with E-state index in [1.807, 2.05) is 0 Å². The number of hydrogen-bond donors (Lipinski definition) is 0. The van der Waals surface area contributed by atoms with E-state index in [2.05, 4.69) is 15.9 Å². The first-order chi connectivity index (χ1) is 8.91. The molecule has 0 radical (unpaired) electrons. The highest BCUT2D eigenvalue weighted by Crippen LogP contribution is 2.38. The van der Waals surface area contributed by atoms with E-state index in [4.69, 9.17) is 11.6 Å². The molecule has 0 saturated heterocycles. The minimum absolute atomic E-state index is 0.256. The van der Waals surface area contributed by atoms with Gasteiger partial charge < -0.3 is 0 Å². The highest BCUT2D eigenvalue weighted by molar-refractivity contribution is 9.09. The Kier molecular flexibility index (Phi) is 4.21. The van der Waals surface area contributed by atoms with Crippen LogP contribution >= 0.6 is 27.5 Å². The third-order valence-corrected chi connectivity index (χ3v) is 4.26. The van der Waals surface area contributed by atoms with Crippen LogP contribution in [-0.2, 0) is 0 Å². The van der Waals surface area contributed by atoms with Crippen LogP contribution < -0.4 is 0 Å². The van der Waals surface area contributed by atoms with Gasteiger partial charge in [-0.15, -0.1) is 0 Å². The van der Waals surface area contributed by atoms with Crippen molar-refractivity contribution < 1.29 is 13.2 Å². The number of hydrogen-bond acceptors (Lipinski definition) is 0. The lowest BCUT2D eigenvalue weighted by molar-refractivity contribution is 0.527. The Morgan fingerprint density at radius 3 is 2.26 bits per heavy atom. The van der Waals surface area contributed by atoms with Crippen LogP contribution in [0.2, 0.25) is 5.02 Å². The molecule has 0 bridgehead atoms. The van der Waals surface area contributed by atoms with E-state index in [1.165, 1.54) is 0 Å². The van der Waals surface area contributed by atoms with Crippen LogP contribution in [0, 0.1) is 24.4 Å². The third kappa shape index (κ3) is 2.79. The van der Waals surface area contributed by atoms with E-state index in [0.29, 0.717) is 22.7 Å². The molecule has 0 saturated carbocycles. The molecule has 0 spiro atoms. The average molecular weight is 350 g/mol. The molecule has 5 heteroatoms. The van der Waals surface area contributed by atoms with Gasteiger partial charge in [0.2, 0.25) is 0 Å². The SMILES string of the molecule is Cc1cccc(C(Br)c2c(F)cc(F)cc2F)c1Cl. The highest BCUT2D eigenvalue weighted by atomic mass is 79.9. The molecule has 0 amide bonds. The standard InChI is InChI=1S/C14H9BrClF3/c1-7-3-2-4-9(14(7)16)13(15)12-10(18)5-8(17)6-11(12)19/h2-6,13H,1H3. The lowest BCUT2D eigenvalue weighted by atomic mass is 10.0. The summed E-state index contributed by atoms with van der Waals surface area (Å²) in [7, 11) is 0. The first-order valence-electron chi connectivity index (χ1n) is 5.45. The molecule has 2 aromatic rings. The fourth-order valence-corrected chi connectivity index (χ4v) is 3.00. The predicted octanol–water partition coefficient (Wildman–Crippen LogP) is 5.55. The molecule has 2 aromatic carbocycles. The molecule has 0 aliphatic rings. The summed E-state index contributed by atoms with van der Waals surface area (Å²) < 4.78 is 40.3. The Morgan fingerprint density at radius 2 is 1.68 bits per heavy atom. The Labute approximate surface area is 122 Å². The normalized spacial score (nSPS) is 12.5. The van der Waals surface area contributed by atoms with Gasteiger partial charge in [0.05, 0.1) is 4.83 Å². The van der Waals surface area contributed by atoms with E-state index in [-0.39, 0.29) is 5.56 Å². The van der Waals surface area contributed by atoms with Crippen LogP contribution in [0.5, 0.6) is 0 Å². The number of alkyl halides is 1. The quantitative estimate of drug-likeness (QED) is 0.624. The van der Waals surface area contributed by atoms with Crippen LogP contribution in [0.15, 0.2) is 30.3 Å². The molecule has 1 atom stereocenters. The van der Waals surface area contributed by atoms with Gasteiger partial charge in [0, 0.05) is 22.7 Å². The predicted molar refractivity (Wildman–Crippen MR) is 73.3 cm³/mol. The molecule has 0 heterocycles. The summed E-state index contributed by atoms with van der Waals surface area (Å²) >= 11 is 9.34. The summed E-state index contributed by atoms with van der Waals surface area (Å²) in [5.74, 6) is -2.84. The van der Waals surface area contributed by atoms with Crippen LogP contribution in [0.1, 0.15) is 21.5 Å². The van der Waals surface area contributed by atoms with Crippen molar-refractivity contribution in [2.24, 2.45) is 0 Å². The summed E-state index contributed by atoms with van der Waals surface area (Å²) in [5, 5.41) is 0.424. The zero-order valence-corrected chi connectivity index (χ0v) is 12.2. The second-order valence-electron chi connectivity index (χ2n) is 4.12. The minimum Gasteiger partial charge on any atom is -0.207 e. The molecular weight excluding hydrogens is 341 g/mol. The first-order valence-corrected chi connectivity index (χ1v) is 6.74. The fourth-order valence-electron chi connectivity index (χ4n) is 1.82. The molecular formula is C14H9BrClF3. The monoisotopic (exact) mass is 348 g/mol. The van der Waals surface area contributed by atoms with Crippen molar-refractivity contribution in [3.05, 3.63) is 69.5 Å². The van der Waals surface area contributed by atoms with Gasteiger partial charge in [0.25, 0.3) is 0 Å². The van der Waals surface area contributed by atoms with Gasteiger partial charge in [-0.1, -0.05) is 45.7 Å². The molecule has 0 aromatic heterocycles. The Morgan fingerprint density at radius 1 is 1.11 bits per heavy atom. The lowest BCUT2D eigenvalue weighted by Gasteiger charge is -2.15. The van der Waals surface area contributed by atoms with Crippen molar-refractivity contribution in [1.29, 1.82) is 0 Å². The third-order valence-electron chi connectivity index (χ3n) is 2.79. The largest absolute Gasteiger partial charge is 0.207 e. The van der Waals surface area contributed by atoms with E-state index in [1.54, 1.807) is 25.1 Å². The van der Waals surface area contributed by atoms with Crippen molar-refractivity contribution in [2.75, 3.05) is 0 Å². The van der Waals surface area contributed by atoms with Gasteiger partial charge in [-0.2, -0.15) is 0 Å². The maximum atomic E-state index is 13.7. The Bertz CT molecular complexity index is 605. The maximum absolute atomic E-state index is 13.7. The summed E-state index contributed by atoms with van der Waals surface area (Å²) in [6.45, 7) is 1.79. The van der Waals surface area contributed by atoms with Gasteiger partial charge in [-0.05, 0) is 18.1 Å². The number of halogens is 5. The average Bonchev–Trinajstić information content (AvgIpc) is 2.31. The first kappa shape index (κ1) is 14.4. The van der Waals surface area contributed by atoms with E-state index < -0.39 is 22.3 Å². The summed E-state index contributed by atoms with van der Waals surface area (Å²) in [5.41, 5.74) is 1.08. The van der Waals surface area contributed by atoms with Crippen molar-refractivity contribution in [2.45, 2.75) is 11.8 Å². The van der Waals surface area contributed by atoms with Crippen molar-refractivity contribution in [3.8, 4) is 0 Å². The van der Waals surface area contributed by atoms with E-state index in [0.717, 1.165) is 5.56 Å². The van der Waals surface area contributed by atoms with Crippen molar-refractivity contribution in [1.82, 2.24) is 0 Å². The molecule has 19 heavy (non-hydrogen) atoms. The molecule has 0 nitrogen and oxygen atoms in total. The lowest BCUT2D eigenvalue weighted by Crippen LogP contribution is -2.03. The van der Waals surface area contributed by atoms with Crippen molar-refractivity contribution >= 4 is 27.5 Å². The van der Waals surface area contributed by atoms with Gasteiger partial charge in [0.15, 0.2) is 0 Å². The highest BCUT2D eigenvalue weighted by Gasteiger charge is 2.22. The van der Waals surface area contributed by atoms with Gasteiger partial charge in [-0.25, -0.2) is 13.2 Å². The van der Waals surface area contributed by atoms with Crippen LogP contribution in [0.25, 0.3) is 0 Å². The maximum Gasteiger partial charge on any atom is 0.133 e. The van der Waals surface area contributed by atoms with Gasteiger partial charge >= 0.3 is 0 Å². The van der Waals surface area contributed by atoms with Gasteiger partial charge in [0.1, 0.15) is 17.5 Å². The molecule has 100 valence electrons. The Hall–Kier alpha value is -1.00. The smallest absolute Gasteiger partial charge is 0.133 e. The summed E-state index contributed by atoms with van der Waals surface area (Å²) in [6, 6.07) is 6.50. The molecule has 2 rings (SSSR count). The van der Waals surface area contributed by atoms with E-state index in [9.17, 15) is 13.2 Å². The fraction of sp³-hybridized carbons (Fsp3) is 0.143. The minimum atomic E-state index is -0.950. The van der Waals surface area contributed by atoms with Crippen LogP contribution in [0.4, 0.5) is 13.2 Å². The number of aryl methyl sites for hydroxylation is 1. The zero-order valence-electron chi connectivity index (χ0n) is 9.85.